The Labute approximate surface area is 940 Å². The van der Waals surface area contributed by atoms with E-state index in [9.17, 15) is 0 Å². The summed E-state index contributed by atoms with van der Waals surface area (Å²) in [5, 5.41) is 0. The first kappa shape index (κ1) is 118. The van der Waals surface area contributed by atoms with E-state index in [1.165, 1.54) is 86.1 Å². The van der Waals surface area contributed by atoms with Crippen LogP contribution in [0.25, 0.3) is 0 Å². The second-order valence-electron chi connectivity index (χ2n) is 61.3. The van der Waals surface area contributed by atoms with Gasteiger partial charge in [-0.25, -0.2) is 0 Å². The van der Waals surface area contributed by atoms with Crippen molar-refractivity contribution in [2.24, 2.45) is 201 Å². The zero-order chi connectivity index (χ0) is 104. The molecular weight excluding hydrogens is 1990 g/mol. The van der Waals surface area contributed by atoms with Gasteiger partial charge in [0, 0.05) is 0 Å². The zero-order valence-corrected chi connectivity index (χ0v) is 107. The summed E-state index contributed by atoms with van der Waals surface area (Å²) in [6.45, 7) is 53.4. The molecule has 0 aromatic heterocycles. The number of rotatable bonds is 10. The molecule has 24 rings (SSSR count). The van der Waals surface area contributed by atoms with Crippen molar-refractivity contribution in [3.63, 3.8) is 0 Å². The minimum Gasteiger partial charge on any atom is -0.102 e. The quantitative estimate of drug-likeness (QED) is 0.164. The molecule has 2 aromatic carbocycles. The molecule has 0 saturated heterocycles. The summed E-state index contributed by atoms with van der Waals surface area (Å²) < 4.78 is -2.22. The van der Waals surface area contributed by atoms with Crippen molar-refractivity contribution >= 4 is 125 Å². The van der Waals surface area contributed by atoms with Crippen LogP contribution in [0, 0.1) is 201 Å². The average Bonchev–Trinajstić information content (AvgIpc) is 1.55. The molecule has 22 fully saturated rings. The Kier molecular flexibility index (Phi) is 40.0. The average molecular weight is 2220 g/mol. The molecule has 0 nitrogen and oxygen atoms in total. The smallest absolute Gasteiger partial charge is 0.102 e. The van der Waals surface area contributed by atoms with Gasteiger partial charge < -0.3 is 0 Å². The van der Waals surface area contributed by atoms with Crippen LogP contribution in [-0.4, -0.2) is 49.6 Å². The third-order valence-corrected chi connectivity index (χ3v) is 71.2. The van der Waals surface area contributed by atoms with Crippen molar-refractivity contribution in [3.05, 3.63) is 71.8 Å². The van der Waals surface area contributed by atoms with E-state index < -0.39 is 49.6 Å². The second-order valence-corrected chi connectivity index (χ2v) is 89.5. The van der Waals surface area contributed by atoms with Crippen LogP contribution in [0.3, 0.4) is 0 Å². The third-order valence-electron chi connectivity index (χ3n) is 49.8. The molecule has 0 radical (unpaired) electrons. The highest BCUT2D eigenvalue weighted by atomic mass is 35.5. The van der Waals surface area contributed by atoms with Gasteiger partial charge in [-0.2, -0.15) is 0 Å². The number of alkyl halides is 8. The summed E-state index contributed by atoms with van der Waals surface area (Å²) in [5.74, 6) is 38.9. The van der Waals surface area contributed by atoms with Crippen molar-refractivity contribution in [1.82, 2.24) is 0 Å². The minimum atomic E-state index is -1.44. The molecule has 22 aliphatic rings. The molecule has 145 heavy (non-hydrogen) atoms. The monoisotopic (exact) mass is 2210 g/mol. The standard InChI is InChI=1S/C34H48Si.C30H52Si.C29H50Si.C28H48Si.4C3H6Cl2/c1-23-21-31-27(25-13-7-5-8-14-25)17-11-19-29(31)33(23)35(3,4)34-24(2)22-32-28(18-12-20-30(32)34)26-15-9-6-10-16-26;1-19-17-27-23-11-7-5-9-21(23)13-15-25(27)29(19)31(3,4)30-20(2)18-28-24-12-8-6-10-22(24)14-16-26(28)30;1-18-14-23-16-21-9-7-10-22(21)17-26(23)29(18)30(3,4)28-19(2)15-27-24-11-6-5-8-20(24)12-13-25(27)28;1-29(2,27-23-15-7-3-11-19(23)20-12-4-8-16-24(20)27)28-25-17-9-5-13-21(25)22-14-6-10-18-26(22)28;4*1-3(2,4)5/h5-10,13-16,23-24,27-34H,11-12,17-22H2,1-4H3;19-30H,5-18H2,1-4H3;18-29H,5-17H2,1-4H3;19-28H,3-18H2,1-2H3;4*1-2H3. The molecule has 42 unspecified atom stereocenters. The normalized spacial score (nSPS) is 45.3. The van der Waals surface area contributed by atoms with E-state index in [1.807, 2.05) is 0 Å². The summed E-state index contributed by atoms with van der Waals surface area (Å²) in [6, 6.07) is 23.2. The van der Waals surface area contributed by atoms with Gasteiger partial charge in [-0.15, -0.1) is 92.8 Å². The lowest BCUT2D eigenvalue weighted by Crippen LogP contribution is -2.48. The molecule has 42 atom stereocenters. The van der Waals surface area contributed by atoms with Crippen molar-refractivity contribution in [1.29, 1.82) is 0 Å². The second kappa shape index (κ2) is 49.3. The lowest BCUT2D eigenvalue weighted by Gasteiger charge is -2.51. The maximum atomic E-state index is 5.30. The summed E-state index contributed by atoms with van der Waals surface area (Å²) >= 11 is 42.4. The van der Waals surface area contributed by atoms with Gasteiger partial charge in [0.15, 0.2) is 0 Å². The Morgan fingerprint density at radius 1 is 0.172 bits per heavy atom. The van der Waals surface area contributed by atoms with Crippen LogP contribution < -0.4 is 0 Å². The minimum absolute atomic E-state index is 0.556. The highest BCUT2D eigenvalue weighted by Gasteiger charge is 2.68. The molecule has 0 amide bonds. The van der Waals surface area contributed by atoms with E-state index in [2.05, 4.69) is 155 Å². The van der Waals surface area contributed by atoms with Gasteiger partial charge in [-0.3, -0.25) is 0 Å². The molecule has 0 N–H and O–H groups in total. The van der Waals surface area contributed by atoms with Crippen LogP contribution in [0.15, 0.2) is 60.7 Å². The van der Waals surface area contributed by atoms with Gasteiger partial charge in [0.1, 0.15) is 17.3 Å². The van der Waals surface area contributed by atoms with E-state index in [-0.39, 0.29) is 0 Å². The van der Waals surface area contributed by atoms with Crippen LogP contribution in [0.5, 0.6) is 0 Å². The molecule has 826 valence electrons. The zero-order valence-electron chi connectivity index (χ0n) is 97.3. The van der Waals surface area contributed by atoms with Crippen LogP contribution in [-0.2, 0) is 0 Å². The molecule has 0 spiro atoms. The highest BCUT2D eigenvalue weighted by molar-refractivity contribution is 6.82. The summed E-state index contributed by atoms with van der Waals surface area (Å²) in [7, 11) is -5.28. The predicted molar refractivity (Wildman–Crippen MR) is 650 cm³/mol. The molecule has 0 bridgehead atoms. The lowest BCUT2D eigenvalue weighted by molar-refractivity contribution is 0.0688. The molecule has 2 aromatic rings. The Balaban J connectivity index is 0.000000124. The lowest BCUT2D eigenvalue weighted by atomic mass is 9.62. The summed E-state index contributed by atoms with van der Waals surface area (Å²) in [4.78, 5) is 0. The largest absolute Gasteiger partial charge is 0.112 e. The number of hydrogen-bond donors (Lipinski definition) is 0. The van der Waals surface area contributed by atoms with Gasteiger partial charge in [-0.05, 0) is 472 Å². The Morgan fingerprint density at radius 2 is 0.372 bits per heavy atom. The molecular formula is C133H222Cl8Si4. The first-order valence-electron chi connectivity index (χ1n) is 64.2. The molecule has 22 saturated carbocycles. The van der Waals surface area contributed by atoms with E-state index in [4.69, 9.17) is 92.8 Å². The number of halogens is 8. The van der Waals surface area contributed by atoms with Crippen LogP contribution in [0.1, 0.15) is 447 Å². The van der Waals surface area contributed by atoms with E-state index in [1.54, 1.807) is 343 Å². The van der Waals surface area contributed by atoms with E-state index in [0.29, 0.717) is 0 Å². The first-order chi connectivity index (χ1) is 68.6. The fourth-order valence-corrected chi connectivity index (χ4v) is 74.3. The predicted octanol–water partition coefficient (Wildman–Crippen LogP) is 45.4. The molecule has 12 heteroatoms. The van der Waals surface area contributed by atoms with Crippen molar-refractivity contribution in [2.45, 2.75) is 550 Å². The van der Waals surface area contributed by atoms with Gasteiger partial charge in [0.2, 0.25) is 0 Å². The fraction of sp³-hybridized carbons (Fsp3) is 0.910. The Hall–Kier alpha value is 1.63. The summed E-state index contributed by atoms with van der Waals surface area (Å²) in [6.07, 6.45) is 80.4. The van der Waals surface area contributed by atoms with Gasteiger partial charge in [0.25, 0.3) is 0 Å². The Bertz CT molecular complexity index is 3990. The topological polar surface area (TPSA) is 0 Å². The third kappa shape index (κ3) is 26.7. The maximum absolute atomic E-state index is 5.30. The number of benzene rings is 2. The molecule has 0 aliphatic heterocycles. The summed E-state index contributed by atoms with van der Waals surface area (Å²) in [5.41, 5.74) is 12.4. The highest BCUT2D eigenvalue weighted by Crippen LogP contribution is 2.76. The number of fused-ring (bicyclic) bond motifs is 19. The van der Waals surface area contributed by atoms with Gasteiger partial charge in [0.05, 0.1) is 32.3 Å². The van der Waals surface area contributed by atoms with Crippen molar-refractivity contribution in [2.75, 3.05) is 0 Å². The van der Waals surface area contributed by atoms with Crippen molar-refractivity contribution < 1.29 is 0 Å². The van der Waals surface area contributed by atoms with Crippen molar-refractivity contribution in [3.8, 4) is 0 Å². The van der Waals surface area contributed by atoms with Gasteiger partial charge in [-0.1, -0.05) is 334 Å². The fourth-order valence-electron chi connectivity index (χ4n) is 47.8. The maximum Gasteiger partial charge on any atom is 0.112 e. The van der Waals surface area contributed by atoms with Gasteiger partial charge >= 0.3 is 0 Å². The van der Waals surface area contributed by atoms with E-state index in [0.717, 1.165) is 223 Å². The first-order valence-corrected chi connectivity index (χ1v) is 79.8. The molecule has 22 aliphatic carbocycles. The van der Waals surface area contributed by atoms with Crippen LogP contribution in [0.4, 0.5) is 0 Å². The van der Waals surface area contributed by atoms with Crippen LogP contribution >= 0.6 is 92.8 Å². The van der Waals surface area contributed by atoms with Crippen LogP contribution in [0.2, 0.25) is 96.7 Å². The SMILES string of the molecule is CC(C)(Cl)Cl.CC(C)(Cl)Cl.CC(C)(Cl)Cl.CC(C)(Cl)Cl.CC1CC2C(c3ccccc3)CCCC2C1[Si](C)(C)C1C(C)CC2C(c3ccccc3)CCCC21.CC1CC2C3CCCCC3CCC2C1[Si](C)(C)C1C(C)CC2C3CCCCC3CCC21.CC1CC2CC3CCCC3CC2C1[Si](C)(C)C1C(C)CC2C3CCCCC3CCC21.C[Si](C)(C1C2CCCCC2C2CCCCC21)C1C2CCCCC2C2CCCCC21. The Morgan fingerprint density at radius 3 is 0.662 bits per heavy atom. The van der Waals surface area contributed by atoms with E-state index >= 15 is 0 Å². The molecule has 0 heterocycles. The number of hydrogen-bond acceptors (Lipinski definition) is 0.